The molecule has 0 radical (unpaired) electrons. The molecule has 0 atom stereocenters. The molecule has 0 saturated carbocycles. The molecule has 1 heterocycles. The third kappa shape index (κ3) is 3.10. The molecule has 0 aliphatic heterocycles. The van der Waals surface area contributed by atoms with Gasteiger partial charge in [0.25, 0.3) is 15.7 Å². The summed E-state index contributed by atoms with van der Waals surface area (Å²) in [6.07, 6.45) is 3.32. The summed E-state index contributed by atoms with van der Waals surface area (Å²) in [7, 11) is -4.10. The maximum absolute atomic E-state index is 12.5. The van der Waals surface area contributed by atoms with E-state index in [9.17, 15) is 18.5 Å². The summed E-state index contributed by atoms with van der Waals surface area (Å²) in [5, 5.41) is 15.1. The number of nitro groups is 1. The minimum absolute atomic E-state index is 0.279. The van der Waals surface area contributed by atoms with E-state index < -0.39 is 20.6 Å². The first-order chi connectivity index (χ1) is 11.5. The number of para-hydroxylation sites is 1. The molecule has 0 bridgehead atoms. The van der Waals surface area contributed by atoms with Gasteiger partial charge < -0.3 is 0 Å². The van der Waals surface area contributed by atoms with Crippen LogP contribution in [0.3, 0.4) is 0 Å². The number of sulfonamides is 1. The van der Waals surface area contributed by atoms with E-state index in [1.807, 2.05) is 0 Å². The van der Waals surface area contributed by atoms with Crippen LogP contribution in [0.15, 0.2) is 71.9 Å². The highest BCUT2D eigenvalue weighted by molar-refractivity contribution is 7.92. The number of rotatable bonds is 5. The van der Waals surface area contributed by atoms with Gasteiger partial charge in [-0.25, -0.2) is 13.1 Å². The molecule has 0 spiro atoms. The van der Waals surface area contributed by atoms with Crippen molar-refractivity contribution in [1.82, 2.24) is 9.78 Å². The van der Waals surface area contributed by atoms with E-state index in [0.717, 1.165) is 6.07 Å². The lowest BCUT2D eigenvalue weighted by molar-refractivity contribution is -0.387. The molecule has 8 nitrogen and oxygen atoms in total. The molecule has 0 unspecified atom stereocenters. The van der Waals surface area contributed by atoms with E-state index in [0.29, 0.717) is 5.69 Å². The maximum atomic E-state index is 12.5. The van der Waals surface area contributed by atoms with Crippen LogP contribution in [0.1, 0.15) is 0 Å². The van der Waals surface area contributed by atoms with Gasteiger partial charge in [0, 0.05) is 18.5 Å². The second-order valence-corrected chi connectivity index (χ2v) is 6.48. The maximum Gasteiger partial charge on any atom is 0.289 e. The predicted octanol–water partition coefficient (Wildman–Crippen LogP) is 2.58. The topological polar surface area (TPSA) is 107 Å². The zero-order valence-corrected chi connectivity index (χ0v) is 13.1. The van der Waals surface area contributed by atoms with Crippen LogP contribution in [-0.4, -0.2) is 23.1 Å². The van der Waals surface area contributed by atoms with Gasteiger partial charge in [-0.1, -0.05) is 18.2 Å². The summed E-state index contributed by atoms with van der Waals surface area (Å²) in [6, 6.07) is 13.5. The van der Waals surface area contributed by atoms with E-state index in [2.05, 4.69) is 9.82 Å². The molecule has 0 amide bonds. The molecule has 0 aliphatic rings. The molecule has 9 heteroatoms. The van der Waals surface area contributed by atoms with Gasteiger partial charge in [0.15, 0.2) is 4.90 Å². The van der Waals surface area contributed by atoms with Crippen LogP contribution in [0.5, 0.6) is 0 Å². The summed E-state index contributed by atoms with van der Waals surface area (Å²) < 4.78 is 28.9. The van der Waals surface area contributed by atoms with Crippen molar-refractivity contribution in [2.45, 2.75) is 4.90 Å². The fraction of sp³-hybridized carbons (Fsp3) is 0. The van der Waals surface area contributed by atoms with Crippen LogP contribution in [0.25, 0.3) is 5.69 Å². The van der Waals surface area contributed by atoms with Gasteiger partial charge in [-0.05, 0) is 30.3 Å². The van der Waals surface area contributed by atoms with Crippen molar-refractivity contribution < 1.29 is 13.3 Å². The van der Waals surface area contributed by atoms with Gasteiger partial charge in [-0.2, -0.15) is 5.10 Å². The highest BCUT2D eigenvalue weighted by Gasteiger charge is 2.25. The van der Waals surface area contributed by atoms with Gasteiger partial charge >= 0.3 is 0 Å². The number of anilines is 1. The van der Waals surface area contributed by atoms with Crippen LogP contribution >= 0.6 is 0 Å². The molecule has 0 saturated heterocycles. The number of nitro benzene ring substituents is 1. The lowest BCUT2D eigenvalue weighted by atomic mass is 10.3. The first kappa shape index (κ1) is 15.7. The van der Waals surface area contributed by atoms with Gasteiger partial charge in [0.2, 0.25) is 0 Å². The van der Waals surface area contributed by atoms with Crippen molar-refractivity contribution in [3.8, 4) is 5.69 Å². The lowest BCUT2D eigenvalue weighted by Gasteiger charge is -2.10. The summed E-state index contributed by atoms with van der Waals surface area (Å²) in [6.45, 7) is 0. The molecule has 0 aliphatic carbocycles. The van der Waals surface area contributed by atoms with E-state index in [1.54, 1.807) is 47.4 Å². The Morgan fingerprint density at radius 1 is 1.08 bits per heavy atom. The Bertz CT molecular complexity index is 984. The first-order valence-electron chi connectivity index (χ1n) is 6.84. The van der Waals surface area contributed by atoms with Crippen molar-refractivity contribution >= 4 is 21.4 Å². The van der Waals surface area contributed by atoms with E-state index in [4.69, 9.17) is 0 Å². The van der Waals surface area contributed by atoms with Crippen molar-refractivity contribution in [2.75, 3.05) is 4.72 Å². The van der Waals surface area contributed by atoms with Crippen molar-refractivity contribution in [3.63, 3.8) is 0 Å². The molecule has 24 heavy (non-hydrogen) atoms. The molecule has 3 rings (SSSR count). The predicted molar refractivity (Wildman–Crippen MR) is 87.5 cm³/mol. The molecule has 122 valence electrons. The Morgan fingerprint density at radius 3 is 2.58 bits per heavy atom. The monoisotopic (exact) mass is 344 g/mol. The largest absolute Gasteiger partial charge is 0.289 e. The third-order valence-corrected chi connectivity index (χ3v) is 4.65. The molecule has 2 aromatic carbocycles. The van der Waals surface area contributed by atoms with Gasteiger partial charge in [0.05, 0.1) is 16.3 Å². The first-order valence-corrected chi connectivity index (χ1v) is 8.32. The van der Waals surface area contributed by atoms with Gasteiger partial charge in [-0.3, -0.25) is 14.8 Å². The van der Waals surface area contributed by atoms with Gasteiger partial charge in [-0.15, -0.1) is 0 Å². The quantitative estimate of drug-likeness (QED) is 0.565. The van der Waals surface area contributed by atoms with Crippen LogP contribution < -0.4 is 4.72 Å². The van der Waals surface area contributed by atoms with E-state index in [1.165, 1.54) is 18.2 Å². The number of benzene rings is 2. The molecule has 0 fully saturated rings. The van der Waals surface area contributed by atoms with Crippen molar-refractivity contribution in [1.29, 1.82) is 0 Å². The third-order valence-electron chi connectivity index (χ3n) is 3.22. The second kappa shape index (κ2) is 6.13. The van der Waals surface area contributed by atoms with E-state index >= 15 is 0 Å². The summed E-state index contributed by atoms with van der Waals surface area (Å²) in [4.78, 5) is 9.92. The van der Waals surface area contributed by atoms with Crippen molar-refractivity contribution in [2.24, 2.45) is 0 Å². The fourth-order valence-electron chi connectivity index (χ4n) is 2.18. The Kier molecular flexibility index (Phi) is 4.00. The molecular formula is C15H12N4O4S. The molecule has 3 aromatic rings. The molecule has 1 N–H and O–H groups in total. The van der Waals surface area contributed by atoms with E-state index in [-0.39, 0.29) is 10.6 Å². The zero-order valence-electron chi connectivity index (χ0n) is 12.2. The smallest absolute Gasteiger partial charge is 0.279 e. The Morgan fingerprint density at radius 2 is 1.88 bits per heavy atom. The number of nitrogens with one attached hydrogen (secondary N) is 1. The second-order valence-electron chi connectivity index (χ2n) is 4.83. The standard InChI is InChI=1S/C15H12N4O4S/c20-19(21)14-7-1-2-8-15(14)24(22,23)17-12-5-3-6-13(11-12)18-10-4-9-16-18/h1-11,17H. The fourth-order valence-corrected chi connectivity index (χ4v) is 3.40. The molecular weight excluding hydrogens is 332 g/mol. The minimum atomic E-state index is -4.10. The van der Waals surface area contributed by atoms with Crippen LogP contribution in [0, 0.1) is 10.1 Å². The van der Waals surface area contributed by atoms with Crippen LogP contribution in [-0.2, 0) is 10.0 Å². The number of hydrogen-bond donors (Lipinski definition) is 1. The summed E-state index contributed by atoms with van der Waals surface area (Å²) in [5.41, 5.74) is 0.456. The highest BCUT2D eigenvalue weighted by Crippen LogP contribution is 2.25. The van der Waals surface area contributed by atoms with Crippen molar-refractivity contribution in [3.05, 3.63) is 77.1 Å². The Labute approximate surface area is 137 Å². The number of hydrogen-bond acceptors (Lipinski definition) is 5. The SMILES string of the molecule is O=[N+]([O-])c1ccccc1S(=O)(=O)Nc1cccc(-n2cccn2)c1. The molecule has 1 aromatic heterocycles. The summed E-state index contributed by atoms with van der Waals surface area (Å²) in [5.74, 6) is 0. The number of nitrogens with zero attached hydrogens (tertiary/aromatic N) is 3. The van der Waals surface area contributed by atoms with Gasteiger partial charge in [0.1, 0.15) is 0 Å². The average molecular weight is 344 g/mol. The summed E-state index contributed by atoms with van der Waals surface area (Å²) >= 11 is 0. The Balaban J connectivity index is 1.96. The van der Waals surface area contributed by atoms with Crippen LogP contribution in [0.4, 0.5) is 11.4 Å². The minimum Gasteiger partial charge on any atom is -0.279 e. The lowest BCUT2D eigenvalue weighted by Crippen LogP contribution is -2.14. The highest BCUT2D eigenvalue weighted by atomic mass is 32.2. The Hall–Kier alpha value is -3.20. The van der Waals surface area contributed by atoms with Crippen LogP contribution in [0.2, 0.25) is 0 Å². The number of aromatic nitrogens is 2. The zero-order chi connectivity index (χ0) is 17.2. The normalized spacial score (nSPS) is 11.2. The average Bonchev–Trinajstić information content (AvgIpc) is 3.09.